The summed E-state index contributed by atoms with van der Waals surface area (Å²) in [5, 5.41) is 3.30. The third-order valence-corrected chi connectivity index (χ3v) is 4.82. The molecule has 1 saturated carbocycles. The summed E-state index contributed by atoms with van der Waals surface area (Å²) in [5.41, 5.74) is 0. The van der Waals surface area contributed by atoms with E-state index >= 15 is 0 Å². The lowest BCUT2D eigenvalue weighted by Crippen LogP contribution is -2.03. The molecular formula is C12H13BrN4OS. The van der Waals surface area contributed by atoms with Gasteiger partial charge in [-0.3, -0.25) is 0 Å². The molecule has 0 spiro atoms. The van der Waals surface area contributed by atoms with Gasteiger partial charge in [-0.05, 0) is 46.4 Å². The van der Waals surface area contributed by atoms with E-state index in [1.807, 2.05) is 12.3 Å². The molecule has 0 bridgehead atoms. The number of methoxy groups -OCH3 is 1. The summed E-state index contributed by atoms with van der Waals surface area (Å²) >= 11 is 4.90. The molecule has 0 aliphatic heterocycles. The minimum atomic E-state index is 0.567. The number of aromatic nitrogens is 3. The van der Waals surface area contributed by atoms with Crippen molar-refractivity contribution in [3.63, 3.8) is 0 Å². The Morgan fingerprint density at radius 3 is 3.05 bits per heavy atom. The standard InChI is InChI=1S/C12H13BrN4OS/c1-18-12-10(13)8(19-17-12)6-15-9-4-5-14-11(16-9)7-2-3-7/h4-5,7H,2-3,6H2,1H3,(H,14,15,16). The Hall–Kier alpha value is -1.21. The number of halogens is 1. The van der Waals surface area contributed by atoms with Gasteiger partial charge in [-0.2, -0.15) is 4.37 Å². The molecule has 1 aliphatic rings. The molecule has 1 aliphatic carbocycles. The van der Waals surface area contributed by atoms with Crippen LogP contribution in [-0.4, -0.2) is 21.5 Å². The van der Waals surface area contributed by atoms with Crippen molar-refractivity contribution in [1.82, 2.24) is 14.3 Å². The third-order valence-electron chi connectivity index (χ3n) is 2.91. The van der Waals surface area contributed by atoms with Crippen LogP contribution < -0.4 is 10.1 Å². The fraction of sp³-hybridized carbons (Fsp3) is 0.417. The molecule has 0 saturated heterocycles. The normalized spacial score (nSPS) is 14.4. The van der Waals surface area contributed by atoms with Crippen LogP contribution in [0, 0.1) is 0 Å². The van der Waals surface area contributed by atoms with Crippen LogP contribution in [-0.2, 0) is 6.54 Å². The predicted octanol–water partition coefficient (Wildman–Crippen LogP) is 3.19. The Labute approximate surface area is 123 Å². The molecule has 0 aromatic carbocycles. The number of anilines is 1. The molecule has 0 radical (unpaired) electrons. The van der Waals surface area contributed by atoms with Gasteiger partial charge >= 0.3 is 0 Å². The van der Waals surface area contributed by atoms with Crippen LogP contribution in [0.3, 0.4) is 0 Å². The largest absolute Gasteiger partial charge is 0.480 e. The fourth-order valence-electron chi connectivity index (χ4n) is 1.71. The Morgan fingerprint density at radius 1 is 1.53 bits per heavy atom. The Morgan fingerprint density at radius 2 is 2.37 bits per heavy atom. The van der Waals surface area contributed by atoms with Gasteiger partial charge in [0.05, 0.1) is 23.0 Å². The predicted molar refractivity (Wildman–Crippen MR) is 77.7 cm³/mol. The van der Waals surface area contributed by atoms with E-state index in [0.717, 1.165) is 21.0 Å². The van der Waals surface area contributed by atoms with E-state index in [1.54, 1.807) is 7.11 Å². The fourth-order valence-corrected chi connectivity index (χ4v) is 3.10. The average Bonchev–Trinajstić information content (AvgIpc) is 3.22. The lowest BCUT2D eigenvalue weighted by Gasteiger charge is -2.05. The molecule has 5 nitrogen and oxygen atoms in total. The lowest BCUT2D eigenvalue weighted by atomic mass is 10.4. The van der Waals surface area contributed by atoms with E-state index in [1.165, 1.54) is 24.4 Å². The topological polar surface area (TPSA) is 59.9 Å². The van der Waals surface area contributed by atoms with Gasteiger partial charge in [-0.1, -0.05) is 0 Å². The maximum Gasteiger partial charge on any atom is 0.239 e. The highest BCUT2D eigenvalue weighted by molar-refractivity contribution is 9.10. The SMILES string of the molecule is COc1nsc(CNc2ccnc(C3CC3)n2)c1Br. The Kier molecular flexibility index (Phi) is 3.65. The molecule has 0 unspecified atom stereocenters. The van der Waals surface area contributed by atoms with Crippen LogP contribution in [0.2, 0.25) is 0 Å². The van der Waals surface area contributed by atoms with Crippen LogP contribution >= 0.6 is 27.5 Å². The minimum absolute atomic E-state index is 0.567. The third kappa shape index (κ3) is 2.87. The molecule has 2 aromatic rings. The van der Waals surface area contributed by atoms with Gasteiger partial charge in [0, 0.05) is 12.1 Å². The molecule has 19 heavy (non-hydrogen) atoms. The molecule has 0 atom stereocenters. The van der Waals surface area contributed by atoms with Gasteiger partial charge in [-0.25, -0.2) is 9.97 Å². The van der Waals surface area contributed by atoms with Crippen molar-refractivity contribution in [2.75, 3.05) is 12.4 Å². The second-order valence-electron chi connectivity index (χ2n) is 4.36. The first kappa shape index (κ1) is 12.8. The summed E-state index contributed by atoms with van der Waals surface area (Å²) in [6.45, 7) is 0.669. The summed E-state index contributed by atoms with van der Waals surface area (Å²) in [7, 11) is 1.61. The highest BCUT2D eigenvalue weighted by atomic mass is 79.9. The number of nitrogens with one attached hydrogen (secondary N) is 1. The zero-order chi connectivity index (χ0) is 13.2. The average molecular weight is 341 g/mol. The molecule has 2 aromatic heterocycles. The van der Waals surface area contributed by atoms with Gasteiger partial charge < -0.3 is 10.1 Å². The van der Waals surface area contributed by atoms with Crippen LogP contribution in [0.15, 0.2) is 16.7 Å². The maximum atomic E-state index is 5.14. The van der Waals surface area contributed by atoms with Gasteiger partial charge in [0.1, 0.15) is 11.6 Å². The number of nitrogens with zero attached hydrogens (tertiary/aromatic N) is 3. The van der Waals surface area contributed by atoms with E-state index in [-0.39, 0.29) is 0 Å². The molecular weight excluding hydrogens is 328 g/mol. The van der Waals surface area contributed by atoms with Crippen molar-refractivity contribution in [2.45, 2.75) is 25.3 Å². The molecule has 7 heteroatoms. The first-order valence-corrected chi connectivity index (χ1v) is 7.59. The smallest absolute Gasteiger partial charge is 0.239 e. The second kappa shape index (κ2) is 5.42. The van der Waals surface area contributed by atoms with Crippen molar-refractivity contribution >= 4 is 33.3 Å². The highest BCUT2D eigenvalue weighted by Gasteiger charge is 2.26. The second-order valence-corrected chi connectivity index (χ2v) is 6.01. The summed E-state index contributed by atoms with van der Waals surface area (Å²) in [6, 6.07) is 1.89. The molecule has 100 valence electrons. The van der Waals surface area contributed by atoms with Crippen molar-refractivity contribution in [3.8, 4) is 5.88 Å². The Balaban J connectivity index is 1.68. The number of rotatable bonds is 5. The molecule has 0 amide bonds. The van der Waals surface area contributed by atoms with E-state index < -0.39 is 0 Å². The molecule has 1 fully saturated rings. The van der Waals surface area contributed by atoms with Gasteiger partial charge in [0.25, 0.3) is 0 Å². The van der Waals surface area contributed by atoms with Gasteiger partial charge in [-0.15, -0.1) is 0 Å². The first-order chi connectivity index (χ1) is 9.28. The number of ether oxygens (including phenoxy) is 1. The molecule has 2 heterocycles. The molecule has 1 N–H and O–H groups in total. The van der Waals surface area contributed by atoms with E-state index in [2.05, 4.69) is 35.6 Å². The van der Waals surface area contributed by atoms with Crippen LogP contribution in [0.25, 0.3) is 0 Å². The van der Waals surface area contributed by atoms with Crippen molar-refractivity contribution in [2.24, 2.45) is 0 Å². The quantitative estimate of drug-likeness (QED) is 0.905. The minimum Gasteiger partial charge on any atom is -0.480 e. The molecule has 3 rings (SSSR count). The van der Waals surface area contributed by atoms with Gasteiger partial charge in [0.15, 0.2) is 0 Å². The Bertz CT molecular complexity index is 585. The zero-order valence-electron chi connectivity index (χ0n) is 10.4. The summed E-state index contributed by atoms with van der Waals surface area (Å²) < 4.78 is 10.2. The van der Waals surface area contributed by atoms with Crippen molar-refractivity contribution in [3.05, 3.63) is 27.4 Å². The first-order valence-electron chi connectivity index (χ1n) is 6.02. The van der Waals surface area contributed by atoms with E-state index in [4.69, 9.17) is 4.74 Å². The van der Waals surface area contributed by atoms with Crippen LogP contribution in [0.1, 0.15) is 29.5 Å². The van der Waals surface area contributed by atoms with Crippen molar-refractivity contribution in [1.29, 1.82) is 0 Å². The zero-order valence-corrected chi connectivity index (χ0v) is 12.8. The van der Waals surface area contributed by atoms with E-state index in [9.17, 15) is 0 Å². The van der Waals surface area contributed by atoms with Crippen LogP contribution in [0.4, 0.5) is 5.82 Å². The number of hydrogen-bond donors (Lipinski definition) is 1. The summed E-state index contributed by atoms with van der Waals surface area (Å²) in [4.78, 5) is 9.91. The maximum absolute atomic E-state index is 5.14. The van der Waals surface area contributed by atoms with Crippen LogP contribution in [0.5, 0.6) is 5.88 Å². The number of hydrogen-bond acceptors (Lipinski definition) is 6. The van der Waals surface area contributed by atoms with E-state index in [0.29, 0.717) is 18.3 Å². The summed E-state index contributed by atoms with van der Waals surface area (Å²) in [6.07, 6.45) is 4.23. The van der Waals surface area contributed by atoms with Crippen molar-refractivity contribution < 1.29 is 4.74 Å². The monoisotopic (exact) mass is 340 g/mol. The van der Waals surface area contributed by atoms with Gasteiger partial charge in [0.2, 0.25) is 5.88 Å². The highest BCUT2D eigenvalue weighted by Crippen LogP contribution is 2.38. The lowest BCUT2D eigenvalue weighted by molar-refractivity contribution is 0.400. The summed E-state index contributed by atoms with van der Waals surface area (Å²) in [5.74, 6) is 3.00.